The van der Waals surface area contributed by atoms with Gasteiger partial charge in [-0.2, -0.15) is 0 Å². The molecule has 2 nitrogen and oxygen atoms in total. The van der Waals surface area contributed by atoms with Crippen LogP contribution in [0.2, 0.25) is 5.02 Å². The van der Waals surface area contributed by atoms with Crippen molar-refractivity contribution in [1.82, 2.24) is 0 Å². The average molecular weight is 278 g/mol. The van der Waals surface area contributed by atoms with E-state index in [2.05, 4.69) is 15.9 Å². The first-order valence-corrected chi connectivity index (χ1v) is 5.63. The molecule has 1 aromatic rings. The average Bonchev–Trinajstić information content (AvgIpc) is 2.19. The molecule has 1 aromatic carbocycles. The van der Waals surface area contributed by atoms with Crippen molar-refractivity contribution in [2.75, 3.05) is 13.2 Å². The lowest BCUT2D eigenvalue weighted by atomic mass is 10.2. The Morgan fingerprint density at radius 3 is 2.64 bits per heavy atom. The van der Waals surface area contributed by atoms with Crippen molar-refractivity contribution in [3.63, 3.8) is 0 Å². The van der Waals surface area contributed by atoms with Gasteiger partial charge in [-0.3, -0.25) is 0 Å². The summed E-state index contributed by atoms with van der Waals surface area (Å²) in [4.78, 5) is 0. The number of hydrogen-bond donors (Lipinski definition) is 0. The van der Waals surface area contributed by atoms with E-state index in [0.29, 0.717) is 5.02 Å². The summed E-state index contributed by atoms with van der Waals surface area (Å²) in [6.45, 7) is 1.45. The van der Waals surface area contributed by atoms with Crippen LogP contribution in [0.5, 0.6) is 0 Å². The van der Waals surface area contributed by atoms with Gasteiger partial charge in [0.2, 0.25) is 0 Å². The first kappa shape index (κ1) is 10.4. The zero-order valence-corrected chi connectivity index (χ0v) is 9.85. The number of hydrogen-bond acceptors (Lipinski definition) is 2. The summed E-state index contributed by atoms with van der Waals surface area (Å²) in [6, 6.07) is 5.66. The lowest BCUT2D eigenvalue weighted by Gasteiger charge is -2.24. The highest BCUT2D eigenvalue weighted by atomic mass is 79.9. The Labute approximate surface area is 96.3 Å². The Balaban J connectivity index is 2.29. The third-order valence-electron chi connectivity index (χ3n) is 2.06. The molecule has 0 saturated carbocycles. The van der Waals surface area contributed by atoms with Crippen LogP contribution in [0.15, 0.2) is 22.7 Å². The molecule has 1 saturated heterocycles. The van der Waals surface area contributed by atoms with Crippen molar-refractivity contribution in [2.45, 2.75) is 12.7 Å². The minimum absolute atomic E-state index is 0.327. The highest BCUT2D eigenvalue weighted by Gasteiger charge is 2.21. The third-order valence-corrected chi connectivity index (χ3v) is 3.08. The summed E-state index contributed by atoms with van der Waals surface area (Å²) in [5.74, 6) is 0. The SMILES string of the molecule is Clc1cccc(Br)c1C1OCCCO1. The fourth-order valence-corrected chi connectivity index (χ4v) is 2.32. The molecule has 0 N–H and O–H groups in total. The van der Waals surface area contributed by atoms with E-state index in [1.54, 1.807) is 0 Å². The quantitative estimate of drug-likeness (QED) is 0.782. The summed E-state index contributed by atoms with van der Waals surface area (Å²) in [5, 5.41) is 0.672. The predicted octanol–water partition coefficient (Wildman–Crippen LogP) is 3.54. The first-order valence-electron chi connectivity index (χ1n) is 4.46. The highest BCUT2D eigenvalue weighted by Crippen LogP contribution is 2.34. The van der Waals surface area contributed by atoms with Crippen molar-refractivity contribution in [3.8, 4) is 0 Å². The second-order valence-corrected chi connectivity index (χ2v) is 4.32. The van der Waals surface area contributed by atoms with Gasteiger partial charge in [0.15, 0.2) is 6.29 Å². The van der Waals surface area contributed by atoms with Crippen LogP contribution in [0.25, 0.3) is 0 Å². The molecule has 1 heterocycles. The maximum atomic E-state index is 6.07. The van der Waals surface area contributed by atoms with Gasteiger partial charge in [-0.1, -0.05) is 33.6 Å². The molecule has 14 heavy (non-hydrogen) atoms. The van der Waals surface area contributed by atoms with Crippen LogP contribution in [-0.4, -0.2) is 13.2 Å². The number of ether oxygens (including phenoxy) is 2. The van der Waals surface area contributed by atoms with Crippen molar-refractivity contribution in [2.24, 2.45) is 0 Å². The molecule has 2 rings (SSSR count). The second-order valence-electron chi connectivity index (χ2n) is 3.06. The van der Waals surface area contributed by atoms with Gasteiger partial charge in [-0.15, -0.1) is 0 Å². The maximum absolute atomic E-state index is 6.07. The predicted molar refractivity (Wildman–Crippen MR) is 58.4 cm³/mol. The van der Waals surface area contributed by atoms with E-state index in [1.165, 1.54) is 0 Å². The first-order chi connectivity index (χ1) is 6.79. The summed E-state index contributed by atoms with van der Waals surface area (Å²) < 4.78 is 11.9. The van der Waals surface area contributed by atoms with Crippen molar-refractivity contribution < 1.29 is 9.47 Å². The molecule has 4 heteroatoms. The molecular weight excluding hydrogens is 267 g/mol. The van der Waals surface area contributed by atoms with E-state index in [-0.39, 0.29) is 6.29 Å². The van der Waals surface area contributed by atoms with Gasteiger partial charge in [-0.05, 0) is 18.6 Å². The molecule has 0 amide bonds. The van der Waals surface area contributed by atoms with Gasteiger partial charge in [0, 0.05) is 15.1 Å². The van der Waals surface area contributed by atoms with E-state index < -0.39 is 0 Å². The number of benzene rings is 1. The van der Waals surface area contributed by atoms with Gasteiger partial charge in [0.1, 0.15) is 0 Å². The largest absolute Gasteiger partial charge is 0.348 e. The minimum atomic E-state index is -0.327. The van der Waals surface area contributed by atoms with Crippen LogP contribution < -0.4 is 0 Å². The molecule has 0 radical (unpaired) electrons. The minimum Gasteiger partial charge on any atom is -0.348 e. The van der Waals surface area contributed by atoms with Crippen LogP contribution in [0.1, 0.15) is 18.3 Å². The standard InChI is InChI=1S/C10H10BrClO2/c11-7-3-1-4-8(12)9(7)10-13-5-2-6-14-10/h1,3-4,10H,2,5-6H2. The summed E-state index contributed by atoms with van der Waals surface area (Å²) in [5.41, 5.74) is 0.883. The molecule has 0 unspecified atom stereocenters. The summed E-state index contributed by atoms with van der Waals surface area (Å²) in [7, 11) is 0. The molecule has 1 aliphatic rings. The van der Waals surface area contributed by atoms with E-state index in [1.807, 2.05) is 18.2 Å². The van der Waals surface area contributed by atoms with Crippen LogP contribution >= 0.6 is 27.5 Å². The van der Waals surface area contributed by atoms with Crippen LogP contribution in [0, 0.1) is 0 Å². The molecule has 0 bridgehead atoms. The van der Waals surface area contributed by atoms with Gasteiger partial charge in [0.05, 0.1) is 13.2 Å². The van der Waals surface area contributed by atoms with Crippen molar-refractivity contribution >= 4 is 27.5 Å². The summed E-state index contributed by atoms with van der Waals surface area (Å²) in [6.07, 6.45) is 0.616. The Bertz CT molecular complexity index is 304. The fourth-order valence-electron chi connectivity index (χ4n) is 1.39. The zero-order chi connectivity index (χ0) is 9.97. The van der Waals surface area contributed by atoms with E-state index in [4.69, 9.17) is 21.1 Å². The van der Waals surface area contributed by atoms with Crippen LogP contribution in [0.4, 0.5) is 0 Å². The van der Waals surface area contributed by atoms with E-state index in [0.717, 1.165) is 29.7 Å². The van der Waals surface area contributed by atoms with Crippen LogP contribution in [0.3, 0.4) is 0 Å². The molecular formula is C10H10BrClO2. The Hall–Kier alpha value is -0.0900. The molecule has 0 aliphatic carbocycles. The van der Waals surface area contributed by atoms with Crippen molar-refractivity contribution in [1.29, 1.82) is 0 Å². The molecule has 0 aromatic heterocycles. The van der Waals surface area contributed by atoms with E-state index >= 15 is 0 Å². The second kappa shape index (κ2) is 4.62. The monoisotopic (exact) mass is 276 g/mol. The normalized spacial score (nSPS) is 18.4. The van der Waals surface area contributed by atoms with E-state index in [9.17, 15) is 0 Å². The molecule has 0 spiro atoms. The van der Waals surface area contributed by atoms with Gasteiger partial charge < -0.3 is 9.47 Å². The molecule has 76 valence electrons. The van der Waals surface area contributed by atoms with Crippen molar-refractivity contribution in [3.05, 3.63) is 33.3 Å². The number of halogens is 2. The Kier molecular flexibility index (Phi) is 3.44. The molecule has 0 atom stereocenters. The maximum Gasteiger partial charge on any atom is 0.186 e. The third kappa shape index (κ3) is 2.11. The smallest absolute Gasteiger partial charge is 0.186 e. The number of rotatable bonds is 1. The van der Waals surface area contributed by atoms with Gasteiger partial charge in [-0.25, -0.2) is 0 Å². The Morgan fingerprint density at radius 1 is 1.29 bits per heavy atom. The van der Waals surface area contributed by atoms with Crippen LogP contribution in [-0.2, 0) is 9.47 Å². The zero-order valence-electron chi connectivity index (χ0n) is 7.50. The fraction of sp³-hybridized carbons (Fsp3) is 0.400. The molecule has 1 fully saturated rings. The lowest BCUT2D eigenvalue weighted by molar-refractivity contribution is -0.183. The van der Waals surface area contributed by atoms with Gasteiger partial charge in [0.25, 0.3) is 0 Å². The lowest BCUT2D eigenvalue weighted by Crippen LogP contribution is -2.18. The topological polar surface area (TPSA) is 18.5 Å². The van der Waals surface area contributed by atoms with Gasteiger partial charge >= 0.3 is 0 Å². The summed E-state index contributed by atoms with van der Waals surface area (Å²) >= 11 is 9.51. The molecule has 1 aliphatic heterocycles. The Morgan fingerprint density at radius 2 is 2.00 bits per heavy atom. The highest BCUT2D eigenvalue weighted by molar-refractivity contribution is 9.10.